The van der Waals surface area contributed by atoms with Crippen molar-refractivity contribution in [2.24, 2.45) is 0 Å². The summed E-state index contributed by atoms with van der Waals surface area (Å²) in [7, 11) is 0. The van der Waals surface area contributed by atoms with Crippen molar-refractivity contribution in [2.75, 3.05) is 0 Å². The van der Waals surface area contributed by atoms with Gasteiger partial charge < -0.3 is 9.88 Å². The molecule has 4 nitrogen and oxygen atoms in total. The van der Waals surface area contributed by atoms with Gasteiger partial charge in [0.1, 0.15) is 5.52 Å². The van der Waals surface area contributed by atoms with E-state index in [-0.39, 0.29) is 0 Å². The SMILES string of the molecule is C1=CN2C=C(c3cnc4[nH]ccc4n3)C=CC2C1. The molecule has 0 saturated heterocycles. The molecule has 0 aliphatic carbocycles. The summed E-state index contributed by atoms with van der Waals surface area (Å²) < 4.78 is 0. The second kappa shape index (κ2) is 3.57. The maximum absolute atomic E-state index is 4.61. The second-order valence-electron chi connectivity index (χ2n) is 4.55. The average molecular weight is 236 g/mol. The highest BCUT2D eigenvalue weighted by Gasteiger charge is 2.19. The van der Waals surface area contributed by atoms with Crippen molar-refractivity contribution in [1.82, 2.24) is 19.9 Å². The third-order valence-corrected chi connectivity index (χ3v) is 3.38. The summed E-state index contributed by atoms with van der Waals surface area (Å²) in [5.41, 5.74) is 3.75. The summed E-state index contributed by atoms with van der Waals surface area (Å²) in [6.07, 6.45) is 15.6. The van der Waals surface area contributed by atoms with E-state index in [4.69, 9.17) is 0 Å². The van der Waals surface area contributed by atoms with Crippen LogP contribution < -0.4 is 0 Å². The first-order valence-corrected chi connectivity index (χ1v) is 6.05. The fourth-order valence-corrected chi connectivity index (χ4v) is 2.41. The maximum Gasteiger partial charge on any atom is 0.156 e. The number of H-pyrrole nitrogens is 1. The Hall–Kier alpha value is -2.36. The molecular formula is C14H12N4. The molecular weight excluding hydrogens is 224 g/mol. The molecule has 1 atom stereocenters. The molecule has 18 heavy (non-hydrogen) atoms. The van der Waals surface area contributed by atoms with Gasteiger partial charge in [-0.2, -0.15) is 0 Å². The third kappa shape index (κ3) is 1.39. The predicted octanol–water partition coefficient (Wildman–Crippen LogP) is 2.46. The number of rotatable bonds is 1. The Bertz CT molecular complexity index is 693. The quantitative estimate of drug-likeness (QED) is 0.827. The zero-order chi connectivity index (χ0) is 11.9. The Morgan fingerprint density at radius 2 is 2.39 bits per heavy atom. The summed E-state index contributed by atoms with van der Waals surface area (Å²) in [6, 6.07) is 2.43. The number of hydrogen-bond acceptors (Lipinski definition) is 3. The lowest BCUT2D eigenvalue weighted by atomic mass is 10.1. The smallest absolute Gasteiger partial charge is 0.156 e. The highest BCUT2D eigenvalue weighted by molar-refractivity contribution is 5.77. The summed E-state index contributed by atoms with van der Waals surface area (Å²) in [4.78, 5) is 14.3. The Morgan fingerprint density at radius 3 is 3.39 bits per heavy atom. The van der Waals surface area contributed by atoms with Gasteiger partial charge in [-0.3, -0.25) is 0 Å². The van der Waals surface area contributed by atoms with E-state index in [0.717, 1.165) is 28.9 Å². The number of aromatic amines is 1. The van der Waals surface area contributed by atoms with Crippen LogP contribution in [0.25, 0.3) is 16.7 Å². The summed E-state index contributed by atoms with van der Waals surface area (Å²) >= 11 is 0. The van der Waals surface area contributed by atoms with Gasteiger partial charge in [0.2, 0.25) is 0 Å². The molecule has 1 unspecified atom stereocenters. The Kier molecular flexibility index (Phi) is 1.91. The van der Waals surface area contributed by atoms with Crippen molar-refractivity contribution in [3.05, 3.63) is 54.8 Å². The number of nitrogens with zero attached hydrogens (tertiary/aromatic N) is 3. The summed E-state index contributed by atoms with van der Waals surface area (Å²) in [5, 5.41) is 0. The lowest BCUT2D eigenvalue weighted by Crippen LogP contribution is -2.21. The Morgan fingerprint density at radius 1 is 1.39 bits per heavy atom. The van der Waals surface area contributed by atoms with E-state index in [9.17, 15) is 0 Å². The molecule has 0 amide bonds. The zero-order valence-electron chi connectivity index (χ0n) is 9.74. The Balaban J connectivity index is 1.78. The van der Waals surface area contributed by atoms with Gasteiger partial charge in [-0.15, -0.1) is 0 Å². The second-order valence-corrected chi connectivity index (χ2v) is 4.55. The topological polar surface area (TPSA) is 44.8 Å². The van der Waals surface area contributed by atoms with Gasteiger partial charge >= 0.3 is 0 Å². The molecule has 2 aromatic heterocycles. The molecule has 0 radical (unpaired) electrons. The van der Waals surface area contributed by atoms with Crippen molar-refractivity contribution in [1.29, 1.82) is 0 Å². The van der Waals surface area contributed by atoms with Crippen molar-refractivity contribution < 1.29 is 0 Å². The minimum absolute atomic E-state index is 0.484. The zero-order valence-corrected chi connectivity index (χ0v) is 9.74. The van der Waals surface area contributed by atoms with Crippen LogP contribution in [0.2, 0.25) is 0 Å². The molecule has 0 aromatic carbocycles. The Labute approximate surface area is 104 Å². The van der Waals surface area contributed by atoms with Gasteiger partial charge in [0.25, 0.3) is 0 Å². The van der Waals surface area contributed by atoms with Crippen molar-refractivity contribution in [3.63, 3.8) is 0 Å². The van der Waals surface area contributed by atoms with E-state index in [0.29, 0.717) is 6.04 Å². The molecule has 2 aliphatic heterocycles. The number of fused-ring (bicyclic) bond motifs is 2. The molecule has 2 aliphatic rings. The van der Waals surface area contributed by atoms with Gasteiger partial charge in [-0.05, 0) is 12.5 Å². The van der Waals surface area contributed by atoms with Gasteiger partial charge in [0.15, 0.2) is 5.65 Å². The third-order valence-electron chi connectivity index (χ3n) is 3.38. The van der Waals surface area contributed by atoms with Crippen LogP contribution in [0.5, 0.6) is 0 Å². The largest absolute Gasteiger partial charge is 0.347 e. The van der Waals surface area contributed by atoms with Crippen LogP contribution in [-0.2, 0) is 0 Å². The van der Waals surface area contributed by atoms with E-state index in [1.807, 2.05) is 18.5 Å². The molecule has 88 valence electrons. The molecule has 2 aromatic rings. The predicted molar refractivity (Wildman–Crippen MR) is 70.4 cm³/mol. The van der Waals surface area contributed by atoms with Crippen LogP contribution in [0, 0.1) is 0 Å². The van der Waals surface area contributed by atoms with Gasteiger partial charge in [0.05, 0.1) is 17.9 Å². The van der Waals surface area contributed by atoms with Crippen molar-refractivity contribution in [2.45, 2.75) is 12.5 Å². The van der Waals surface area contributed by atoms with Crippen molar-refractivity contribution >= 4 is 16.7 Å². The van der Waals surface area contributed by atoms with Crippen LogP contribution in [0.3, 0.4) is 0 Å². The van der Waals surface area contributed by atoms with Crippen LogP contribution in [0.15, 0.2) is 49.1 Å². The molecule has 0 bridgehead atoms. The lowest BCUT2D eigenvalue weighted by Gasteiger charge is -2.23. The first-order chi connectivity index (χ1) is 8.90. The molecule has 4 heteroatoms. The molecule has 1 N–H and O–H groups in total. The summed E-state index contributed by atoms with van der Waals surface area (Å²) in [6.45, 7) is 0. The van der Waals surface area contributed by atoms with E-state index in [2.05, 4.69) is 50.5 Å². The first kappa shape index (κ1) is 9.65. The molecule has 0 fully saturated rings. The number of hydrogen-bond donors (Lipinski definition) is 1. The number of nitrogens with one attached hydrogen (secondary N) is 1. The minimum Gasteiger partial charge on any atom is -0.347 e. The van der Waals surface area contributed by atoms with E-state index in [1.54, 1.807) is 0 Å². The van der Waals surface area contributed by atoms with E-state index >= 15 is 0 Å². The average Bonchev–Trinajstić information content (AvgIpc) is 3.05. The fourth-order valence-electron chi connectivity index (χ4n) is 2.41. The standard InChI is InChI=1S/C14H12N4/c1-2-11-4-3-10(9-18(11)7-1)13-8-16-14-12(17-13)5-6-15-14/h1,3-9,11H,2H2,(H,15,16). The monoisotopic (exact) mass is 236 g/mol. The van der Waals surface area contributed by atoms with E-state index < -0.39 is 0 Å². The lowest BCUT2D eigenvalue weighted by molar-refractivity contribution is 0.457. The first-order valence-electron chi connectivity index (χ1n) is 6.05. The minimum atomic E-state index is 0.484. The molecule has 0 spiro atoms. The van der Waals surface area contributed by atoms with Crippen LogP contribution >= 0.6 is 0 Å². The van der Waals surface area contributed by atoms with Crippen LogP contribution in [-0.4, -0.2) is 25.9 Å². The van der Waals surface area contributed by atoms with Crippen molar-refractivity contribution in [3.8, 4) is 0 Å². The molecule has 4 rings (SSSR count). The maximum atomic E-state index is 4.61. The number of aromatic nitrogens is 3. The van der Waals surface area contributed by atoms with Crippen LogP contribution in [0.4, 0.5) is 0 Å². The van der Waals surface area contributed by atoms with Crippen LogP contribution in [0.1, 0.15) is 12.1 Å². The van der Waals surface area contributed by atoms with E-state index in [1.165, 1.54) is 0 Å². The number of allylic oxidation sites excluding steroid dienone is 2. The highest BCUT2D eigenvalue weighted by atomic mass is 15.1. The van der Waals surface area contributed by atoms with Gasteiger partial charge in [-0.1, -0.05) is 18.2 Å². The normalized spacial score (nSPS) is 21.4. The molecule has 4 heterocycles. The van der Waals surface area contributed by atoms with Gasteiger partial charge in [-0.25, -0.2) is 9.97 Å². The molecule has 0 saturated carbocycles. The highest BCUT2D eigenvalue weighted by Crippen LogP contribution is 2.26. The summed E-state index contributed by atoms with van der Waals surface area (Å²) in [5.74, 6) is 0. The fraction of sp³-hybridized carbons (Fsp3) is 0.143. The van der Waals surface area contributed by atoms with Gasteiger partial charge in [0, 0.05) is 24.2 Å².